The summed E-state index contributed by atoms with van der Waals surface area (Å²) < 4.78 is 5.61. The van der Waals surface area contributed by atoms with Crippen molar-refractivity contribution in [1.82, 2.24) is 15.1 Å². The molecule has 2 fully saturated rings. The summed E-state index contributed by atoms with van der Waals surface area (Å²) in [5, 5.41) is 3.16. The third-order valence-electron chi connectivity index (χ3n) is 4.26. The van der Waals surface area contributed by atoms with Gasteiger partial charge in [0, 0.05) is 39.3 Å². The summed E-state index contributed by atoms with van der Waals surface area (Å²) in [6.07, 6.45) is 5.75. The van der Waals surface area contributed by atoms with Crippen LogP contribution in [0.3, 0.4) is 0 Å². The number of carbonyl (C=O) groups excluding carboxylic acids is 2. The van der Waals surface area contributed by atoms with Gasteiger partial charge in [-0.3, -0.25) is 9.59 Å². The lowest BCUT2D eigenvalue weighted by Gasteiger charge is -2.35. The number of rotatable bonds is 8. The number of hydrogen-bond acceptors (Lipinski definition) is 4. The number of carbonyl (C=O) groups is 2. The number of halogens is 1. The molecular formula is C17H28ClN3O3. The second-order valence-electron chi connectivity index (χ2n) is 6.01. The van der Waals surface area contributed by atoms with Gasteiger partial charge in [-0.15, -0.1) is 25.6 Å². The molecule has 2 aliphatic heterocycles. The van der Waals surface area contributed by atoms with Crippen LogP contribution in [-0.2, 0) is 14.3 Å². The minimum Gasteiger partial charge on any atom is -0.376 e. The Balaban J connectivity index is 0.00000288. The average molecular weight is 358 g/mol. The fourth-order valence-electron chi connectivity index (χ4n) is 3.06. The van der Waals surface area contributed by atoms with Gasteiger partial charge in [-0.25, -0.2) is 0 Å². The molecule has 2 aliphatic rings. The quantitative estimate of drug-likeness (QED) is 0.658. The van der Waals surface area contributed by atoms with Gasteiger partial charge in [0.25, 0.3) is 0 Å². The van der Waals surface area contributed by atoms with E-state index in [9.17, 15) is 9.59 Å². The van der Waals surface area contributed by atoms with Crippen LogP contribution >= 0.6 is 12.4 Å². The molecule has 0 aromatic rings. The Morgan fingerprint density at radius 2 is 2.08 bits per heavy atom. The number of amides is 2. The molecule has 7 heteroatoms. The van der Waals surface area contributed by atoms with Crippen LogP contribution in [0.2, 0.25) is 0 Å². The lowest BCUT2D eigenvalue weighted by molar-refractivity contribution is -0.141. The number of hydrogen-bond donors (Lipinski definition) is 1. The van der Waals surface area contributed by atoms with Crippen molar-refractivity contribution in [2.24, 2.45) is 0 Å². The highest BCUT2D eigenvalue weighted by atomic mass is 35.5. The van der Waals surface area contributed by atoms with E-state index in [-0.39, 0.29) is 36.7 Å². The Hall–Kier alpha value is -1.37. The second kappa shape index (κ2) is 10.5. The molecule has 0 aromatic carbocycles. The fraction of sp³-hybridized carbons (Fsp3) is 0.647. The highest BCUT2D eigenvalue weighted by Gasteiger charge is 2.33. The maximum absolute atomic E-state index is 12.6. The molecule has 0 saturated carbocycles. The molecule has 1 N–H and O–H groups in total. The molecule has 0 bridgehead atoms. The highest BCUT2D eigenvalue weighted by molar-refractivity contribution is 5.89. The maximum atomic E-state index is 12.6. The van der Waals surface area contributed by atoms with Gasteiger partial charge in [-0.05, 0) is 12.8 Å². The Morgan fingerprint density at radius 1 is 1.38 bits per heavy atom. The van der Waals surface area contributed by atoms with Crippen LogP contribution < -0.4 is 5.32 Å². The molecule has 2 unspecified atom stereocenters. The van der Waals surface area contributed by atoms with Crippen LogP contribution in [-0.4, -0.2) is 73.1 Å². The van der Waals surface area contributed by atoms with E-state index >= 15 is 0 Å². The monoisotopic (exact) mass is 357 g/mol. The second-order valence-corrected chi connectivity index (χ2v) is 6.01. The smallest absolute Gasteiger partial charge is 0.240 e. The highest BCUT2D eigenvalue weighted by Crippen LogP contribution is 2.15. The fourth-order valence-corrected chi connectivity index (χ4v) is 3.06. The van der Waals surface area contributed by atoms with Crippen molar-refractivity contribution < 1.29 is 14.3 Å². The van der Waals surface area contributed by atoms with Gasteiger partial charge in [-0.2, -0.15) is 0 Å². The molecule has 2 atom stereocenters. The summed E-state index contributed by atoms with van der Waals surface area (Å²) >= 11 is 0. The van der Waals surface area contributed by atoms with Crippen LogP contribution in [0.25, 0.3) is 0 Å². The topological polar surface area (TPSA) is 61.9 Å². The number of ether oxygens (including phenoxy) is 1. The summed E-state index contributed by atoms with van der Waals surface area (Å²) in [5.41, 5.74) is 0. The van der Waals surface area contributed by atoms with E-state index in [2.05, 4.69) is 18.5 Å². The Kier molecular flexibility index (Phi) is 9.03. The zero-order chi connectivity index (χ0) is 16.7. The molecule has 0 aliphatic carbocycles. The molecule has 2 amide bonds. The predicted octanol–water partition coefficient (Wildman–Crippen LogP) is 0.978. The van der Waals surface area contributed by atoms with Crippen molar-refractivity contribution in [3.8, 4) is 0 Å². The van der Waals surface area contributed by atoms with E-state index < -0.39 is 6.04 Å². The third kappa shape index (κ3) is 5.61. The molecule has 2 heterocycles. The van der Waals surface area contributed by atoms with Gasteiger partial charge in [0.2, 0.25) is 11.8 Å². The van der Waals surface area contributed by atoms with Crippen molar-refractivity contribution in [3.63, 3.8) is 0 Å². The SMILES string of the molecule is C=CCN(CC=C)C(=O)CC1NCCN(CC2CCCO2)C1=O.Cl. The summed E-state index contributed by atoms with van der Waals surface area (Å²) in [7, 11) is 0. The van der Waals surface area contributed by atoms with E-state index in [0.717, 1.165) is 19.4 Å². The van der Waals surface area contributed by atoms with E-state index in [1.165, 1.54) is 0 Å². The van der Waals surface area contributed by atoms with Crippen LogP contribution in [0.15, 0.2) is 25.3 Å². The van der Waals surface area contributed by atoms with Crippen LogP contribution in [0.4, 0.5) is 0 Å². The number of piperazine rings is 1. The molecule has 0 radical (unpaired) electrons. The standard InChI is InChI=1S/C17H27N3O3.ClH/c1-3-8-19(9-4-2)16(21)12-15-17(22)20(10-7-18-15)13-14-6-5-11-23-14;/h3-4,14-15,18H,1-2,5-13H2;1H. The largest absolute Gasteiger partial charge is 0.376 e. The van der Waals surface area contributed by atoms with Gasteiger partial charge in [0.05, 0.1) is 18.6 Å². The van der Waals surface area contributed by atoms with Gasteiger partial charge in [0.15, 0.2) is 0 Å². The van der Waals surface area contributed by atoms with Crippen molar-refractivity contribution in [1.29, 1.82) is 0 Å². The van der Waals surface area contributed by atoms with Crippen molar-refractivity contribution in [2.75, 3.05) is 39.3 Å². The van der Waals surface area contributed by atoms with Crippen molar-refractivity contribution in [2.45, 2.75) is 31.4 Å². The van der Waals surface area contributed by atoms with E-state index in [4.69, 9.17) is 4.74 Å². The number of nitrogens with zero attached hydrogens (tertiary/aromatic N) is 2. The molecule has 2 saturated heterocycles. The van der Waals surface area contributed by atoms with Crippen molar-refractivity contribution in [3.05, 3.63) is 25.3 Å². The summed E-state index contributed by atoms with van der Waals surface area (Å²) in [5.74, 6) is -0.0631. The summed E-state index contributed by atoms with van der Waals surface area (Å²) in [6, 6.07) is -0.449. The molecule has 0 spiro atoms. The zero-order valence-corrected chi connectivity index (χ0v) is 14.9. The van der Waals surface area contributed by atoms with Gasteiger partial charge >= 0.3 is 0 Å². The van der Waals surface area contributed by atoms with Crippen molar-refractivity contribution >= 4 is 24.2 Å². The Morgan fingerprint density at radius 3 is 2.67 bits per heavy atom. The lowest BCUT2D eigenvalue weighted by Crippen LogP contribution is -2.57. The first-order valence-electron chi connectivity index (χ1n) is 8.29. The first-order valence-corrected chi connectivity index (χ1v) is 8.29. The molecule has 24 heavy (non-hydrogen) atoms. The Bertz CT molecular complexity index is 442. The van der Waals surface area contributed by atoms with Crippen LogP contribution in [0.1, 0.15) is 19.3 Å². The average Bonchev–Trinajstić information content (AvgIpc) is 3.04. The van der Waals surface area contributed by atoms with E-state index in [1.54, 1.807) is 17.1 Å². The summed E-state index contributed by atoms with van der Waals surface area (Å²) in [4.78, 5) is 28.4. The molecule has 0 aromatic heterocycles. The molecule has 6 nitrogen and oxygen atoms in total. The van der Waals surface area contributed by atoms with Gasteiger partial charge in [0.1, 0.15) is 0 Å². The molecule has 2 rings (SSSR count). The Labute approximate surface area is 150 Å². The van der Waals surface area contributed by atoms with E-state index in [0.29, 0.717) is 32.7 Å². The lowest BCUT2D eigenvalue weighted by atomic mass is 10.1. The summed E-state index contributed by atoms with van der Waals surface area (Å²) in [6.45, 7) is 11.1. The number of nitrogens with one attached hydrogen (secondary N) is 1. The van der Waals surface area contributed by atoms with Crippen LogP contribution in [0, 0.1) is 0 Å². The van der Waals surface area contributed by atoms with Gasteiger partial charge < -0.3 is 19.9 Å². The first kappa shape index (κ1) is 20.7. The van der Waals surface area contributed by atoms with Crippen LogP contribution in [0.5, 0.6) is 0 Å². The maximum Gasteiger partial charge on any atom is 0.240 e. The first-order chi connectivity index (χ1) is 11.2. The zero-order valence-electron chi connectivity index (χ0n) is 14.1. The minimum absolute atomic E-state index is 0. The molecule has 136 valence electrons. The normalized spacial score (nSPS) is 23.5. The minimum atomic E-state index is -0.449. The molecular weight excluding hydrogens is 330 g/mol. The predicted molar refractivity (Wildman–Crippen MR) is 96.2 cm³/mol. The third-order valence-corrected chi connectivity index (χ3v) is 4.26. The van der Waals surface area contributed by atoms with Gasteiger partial charge in [-0.1, -0.05) is 12.2 Å². The van der Waals surface area contributed by atoms with E-state index in [1.807, 2.05) is 4.90 Å².